The Bertz CT molecular complexity index is 896. The number of allylic oxidation sites excluding steroid dienone is 2. The number of ether oxygens (including phenoxy) is 1. The fraction of sp³-hybridized carbons (Fsp3) is 0.381. The number of esters is 1. The Morgan fingerprint density at radius 3 is 2.83 bits per heavy atom. The third kappa shape index (κ3) is 2.41. The summed E-state index contributed by atoms with van der Waals surface area (Å²) in [6, 6.07) is 8.97. The molecule has 2 aromatic carbocycles. The first kappa shape index (κ1) is 15.9. The number of carbonyl (C=O) groups excluding carboxylic acids is 1. The Labute approximate surface area is 151 Å². The fourth-order valence-electron chi connectivity index (χ4n) is 4.49. The molecule has 0 aliphatic heterocycles. The second-order valence-corrected chi connectivity index (χ2v) is 8.30. The molecule has 124 valence electrons. The van der Waals surface area contributed by atoms with Crippen molar-refractivity contribution in [1.82, 2.24) is 0 Å². The van der Waals surface area contributed by atoms with E-state index in [1.165, 1.54) is 34.4 Å². The second-order valence-electron chi connectivity index (χ2n) is 7.44. The molecule has 3 heteroatoms. The van der Waals surface area contributed by atoms with Crippen molar-refractivity contribution in [2.45, 2.75) is 46.0 Å². The van der Waals surface area contributed by atoms with Gasteiger partial charge in [0.05, 0.1) is 0 Å². The van der Waals surface area contributed by atoms with Crippen LogP contribution >= 0.6 is 15.9 Å². The largest absolute Gasteiger partial charge is 0.432 e. The molecule has 2 aliphatic rings. The van der Waals surface area contributed by atoms with Gasteiger partial charge in [0, 0.05) is 23.7 Å². The zero-order valence-corrected chi connectivity index (χ0v) is 15.9. The van der Waals surface area contributed by atoms with E-state index < -0.39 is 0 Å². The number of fused-ring (bicyclic) bond motifs is 5. The van der Waals surface area contributed by atoms with Crippen molar-refractivity contribution >= 4 is 32.7 Å². The molecule has 0 saturated carbocycles. The number of aryl methyl sites for hydroxylation is 2. The Hall–Kier alpha value is -1.61. The summed E-state index contributed by atoms with van der Waals surface area (Å²) in [6.45, 7) is 5.92. The zero-order chi connectivity index (χ0) is 17.1. The molecular formula is C21H21BrO2. The predicted molar refractivity (Wildman–Crippen MR) is 100 cm³/mol. The molecule has 0 aromatic heterocycles. The van der Waals surface area contributed by atoms with Crippen molar-refractivity contribution in [2.24, 2.45) is 5.41 Å². The van der Waals surface area contributed by atoms with E-state index in [1.807, 2.05) is 0 Å². The van der Waals surface area contributed by atoms with Crippen LogP contribution in [0.3, 0.4) is 0 Å². The number of rotatable bonds is 1. The van der Waals surface area contributed by atoms with Crippen LogP contribution in [0, 0.1) is 12.3 Å². The van der Waals surface area contributed by atoms with E-state index in [9.17, 15) is 4.79 Å². The van der Waals surface area contributed by atoms with Gasteiger partial charge < -0.3 is 4.74 Å². The molecule has 0 amide bonds. The number of benzene rings is 2. The van der Waals surface area contributed by atoms with E-state index in [2.05, 4.69) is 60.1 Å². The van der Waals surface area contributed by atoms with Crippen LogP contribution in [-0.4, -0.2) is 5.97 Å². The molecule has 0 spiro atoms. The lowest BCUT2D eigenvalue weighted by molar-refractivity contribution is -0.137. The summed E-state index contributed by atoms with van der Waals surface area (Å²) in [5.74, 6) is 0.999. The lowest BCUT2D eigenvalue weighted by Crippen LogP contribution is -2.26. The highest BCUT2D eigenvalue weighted by atomic mass is 79.9. The second kappa shape index (κ2) is 5.45. The Balaban J connectivity index is 1.86. The van der Waals surface area contributed by atoms with Crippen molar-refractivity contribution in [1.29, 1.82) is 0 Å². The predicted octanol–water partition coefficient (Wildman–Crippen LogP) is 5.80. The molecule has 4 rings (SSSR count). The smallest absolute Gasteiger partial charge is 0.307 e. The summed E-state index contributed by atoms with van der Waals surface area (Å²) < 4.78 is 6.58. The maximum absolute atomic E-state index is 11.4. The van der Waals surface area contributed by atoms with Gasteiger partial charge in [-0.3, -0.25) is 4.79 Å². The van der Waals surface area contributed by atoms with Gasteiger partial charge in [0.15, 0.2) is 0 Å². The maximum atomic E-state index is 11.4. The van der Waals surface area contributed by atoms with Crippen LogP contribution in [0.25, 0.3) is 10.8 Å². The monoisotopic (exact) mass is 384 g/mol. The van der Waals surface area contributed by atoms with E-state index in [0.717, 1.165) is 29.5 Å². The molecule has 0 saturated heterocycles. The van der Waals surface area contributed by atoms with Gasteiger partial charge in [-0.1, -0.05) is 46.6 Å². The highest BCUT2D eigenvalue weighted by Crippen LogP contribution is 2.55. The van der Waals surface area contributed by atoms with E-state index in [1.54, 1.807) is 0 Å². The van der Waals surface area contributed by atoms with Crippen molar-refractivity contribution in [3.05, 3.63) is 57.3 Å². The molecule has 2 nitrogen and oxygen atoms in total. The Kier molecular flexibility index (Phi) is 3.61. The summed E-state index contributed by atoms with van der Waals surface area (Å²) in [4.78, 5) is 11.4. The van der Waals surface area contributed by atoms with Gasteiger partial charge in [-0.2, -0.15) is 0 Å². The highest BCUT2D eigenvalue weighted by molar-refractivity contribution is 9.10. The molecule has 2 aliphatic carbocycles. The average Bonchev–Trinajstić information content (AvgIpc) is 2.83. The van der Waals surface area contributed by atoms with Crippen LogP contribution in [0.5, 0.6) is 0 Å². The fourth-order valence-corrected chi connectivity index (χ4v) is 5.08. The van der Waals surface area contributed by atoms with Gasteiger partial charge >= 0.3 is 5.97 Å². The van der Waals surface area contributed by atoms with Crippen LogP contribution in [0.2, 0.25) is 0 Å². The van der Waals surface area contributed by atoms with Gasteiger partial charge in [0.2, 0.25) is 0 Å². The van der Waals surface area contributed by atoms with Gasteiger partial charge in [0.25, 0.3) is 0 Å². The number of halogens is 1. The SMILES string of the molecule is CC(=O)OC1=C[C@@]2(C)CCc3c(cc(Br)c4ccc(C)cc34)[C@@H]2C1. The quantitative estimate of drug-likeness (QED) is 0.580. The Morgan fingerprint density at radius 2 is 2.08 bits per heavy atom. The summed E-state index contributed by atoms with van der Waals surface area (Å²) >= 11 is 3.77. The molecule has 0 unspecified atom stereocenters. The maximum Gasteiger partial charge on any atom is 0.307 e. The van der Waals surface area contributed by atoms with Crippen LogP contribution in [-0.2, 0) is 16.0 Å². The molecular weight excluding hydrogens is 364 g/mol. The lowest BCUT2D eigenvalue weighted by atomic mass is 9.66. The molecule has 0 N–H and O–H groups in total. The van der Waals surface area contributed by atoms with Gasteiger partial charge in [-0.05, 0) is 59.2 Å². The minimum absolute atomic E-state index is 0.0781. The standard InChI is InChI=1S/C21H21BrO2/c1-12-4-5-16-17(8-12)15-6-7-21(3)11-14(24-13(2)23)9-19(21)18(15)10-20(16)22/h4-5,8,10-11,19H,6-7,9H2,1-3H3/t19-,21+/m0/s1. The molecule has 24 heavy (non-hydrogen) atoms. The van der Waals surface area contributed by atoms with Crippen LogP contribution in [0.15, 0.2) is 40.6 Å². The van der Waals surface area contributed by atoms with Gasteiger partial charge in [-0.15, -0.1) is 0 Å². The van der Waals surface area contributed by atoms with Crippen LogP contribution in [0.4, 0.5) is 0 Å². The first-order valence-electron chi connectivity index (χ1n) is 8.49. The van der Waals surface area contributed by atoms with Crippen molar-refractivity contribution < 1.29 is 9.53 Å². The topological polar surface area (TPSA) is 26.3 Å². The van der Waals surface area contributed by atoms with Crippen LogP contribution < -0.4 is 0 Å². The molecule has 0 heterocycles. The summed E-state index contributed by atoms with van der Waals surface area (Å²) in [5, 5.41) is 2.65. The van der Waals surface area contributed by atoms with Gasteiger partial charge in [0.1, 0.15) is 5.76 Å². The third-order valence-corrected chi connectivity index (χ3v) is 6.30. The molecule has 0 radical (unpaired) electrons. The molecule has 0 bridgehead atoms. The number of hydrogen-bond acceptors (Lipinski definition) is 2. The van der Waals surface area contributed by atoms with E-state index in [0.29, 0.717) is 5.92 Å². The number of carbonyl (C=O) groups is 1. The zero-order valence-electron chi connectivity index (χ0n) is 14.3. The van der Waals surface area contributed by atoms with Crippen molar-refractivity contribution in [2.75, 3.05) is 0 Å². The van der Waals surface area contributed by atoms with Gasteiger partial charge in [-0.25, -0.2) is 0 Å². The summed E-state index contributed by atoms with van der Waals surface area (Å²) in [5.41, 5.74) is 4.25. The van der Waals surface area contributed by atoms with Crippen molar-refractivity contribution in [3.8, 4) is 0 Å². The van der Waals surface area contributed by atoms with E-state index in [4.69, 9.17) is 4.74 Å². The van der Waals surface area contributed by atoms with Crippen molar-refractivity contribution in [3.63, 3.8) is 0 Å². The third-order valence-electron chi connectivity index (χ3n) is 5.64. The summed E-state index contributed by atoms with van der Waals surface area (Å²) in [7, 11) is 0. The van der Waals surface area contributed by atoms with E-state index >= 15 is 0 Å². The Morgan fingerprint density at radius 1 is 1.29 bits per heavy atom. The minimum atomic E-state index is -0.223. The highest BCUT2D eigenvalue weighted by Gasteiger charge is 2.44. The molecule has 2 aromatic rings. The van der Waals surface area contributed by atoms with E-state index in [-0.39, 0.29) is 11.4 Å². The lowest BCUT2D eigenvalue weighted by Gasteiger charge is -2.37. The molecule has 2 atom stereocenters. The first-order valence-corrected chi connectivity index (χ1v) is 9.28. The molecule has 0 fully saturated rings. The normalized spacial score (nSPS) is 25.2. The summed E-state index contributed by atoms with van der Waals surface area (Å²) in [6.07, 6.45) is 5.17. The average molecular weight is 385 g/mol. The number of hydrogen-bond donors (Lipinski definition) is 0. The first-order chi connectivity index (χ1) is 11.4. The minimum Gasteiger partial charge on any atom is -0.432 e. The van der Waals surface area contributed by atoms with Crippen LogP contribution in [0.1, 0.15) is 49.3 Å².